The van der Waals surface area contributed by atoms with Crippen LogP contribution in [0.2, 0.25) is 0 Å². The van der Waals surface area contributed by atoms with E-state index in [1.807, 2.05) is 12.1 Å². The smallest absolute Gasteiger partial charge is 0.119 e. The molecule has 31 heavy (non-hydrogen) atoms. The quantitative estimate of drug-likeness (QED) is 0.338. The Morgan fingerprint density at radius 2 is 1.58 bits per heavy atom. The molecule has 3 heteroatoms. The van der Waals surface area contributed by atoms with Crippen molar-refractivity contribution < 1.29 is 9.47 Å². The second-order valence-electron chi connectivity index (χ2n) is 8.23. The van der Waals surface area contributed by atoms with Crippen LogP contribution in [-0.4, -0.2) is 13.7 Å². The van der Waals surface area contributed by atoms with E-state index in [4.69, 9.17) is 9.47 Å². The number of hydrogen-bond donors (Lipinski definition) is 0. The minimum atomic E-state index is 0.293. The Balaban J connectivity index is 1.56. The molecule has 3 nitrogen and oxygen atoms in total. The Hall–Kier alpha value is -2.94. The summed E-state index contributed by atoms with van der Waals surface area (Å²) in [6.07, 6.45) is 7.08. The Morgan fingerprint density at radius 1 is 0.839 bits per heavy atom. The van der Waals surface area contributed by atoms with Gasteiger partial charge in [-0.05, 0) is 72.9 Å². The van der Waals surface area contributed by atoms with E-state index < -0.39 is 0 Å². The number of unbranched alkanes of at least 4 members (excludes halogenated alkanes) is 3. The predicted octanol–water partition coefficient (Wildman–Crippen LogP) is 7.48. The number of benzene rings is 3. The molecule has 3 aromatic rings. The second kappa shape index (κ2) is 10.4. The van der Waals surface area contributed by atoms with Crippen LogP contribution in [0.25, 0.3) is 0 Å². The first-order chi connectivity index (χ1) is 15.3. The number of hydrogen-bond acceptors (Lipinski definition) is 3. The van der Waals surface area contributed by atoms with Crippen LogP contribution in [0, 0.1) is 0 Å². The van der Waals surface area contributed by atoms with Crippen LogP contribution in [0.4, 0.5) is 11.4 Å². The Kier molecular flexibility index (Phi) is 7.14. The lowest BCUT2D eigenvalue weighted by Crippen LogP contribution is -2.29. The maximum atomic E-state index is 5.96. The van der Waals surface area contributed by atoms with E-state index in [-0.39, 0.29) is 0 Å². The zero-order chi connectivity index (χ0) is 21.5. The highest BCUT2D eigenvalue weighted by Gasteiger charge is 2.28. The van der Waals surface area contributed by atoms with Crippen molar-refractivity contribution in [1.29, 1.82) is 0 Å². The molecule has 3 aromatic carbocycles. The Bertz CT molecular complexity index is 950. The second-order valence-corrected chi connectivity index (χ2v) is 8.23. The van der Waals surface area contributed by atoms with Crippen molar-refractivity contribution in [3.05, 3.63) is 83.9 Å². The molecular weight excluding hydrogens is 382 g/mol. The maximum Gasteiger partial charge on any atom is 0.119 e. The lowest BCUT2D eigenvalue weighted by Gasteiger charge is -2.39. The molecular formula is C28H33NO2. The van der Waals surface area contributed by atoms with Gasteiger partial charge in [-0.25, -0.2) is 0 Å². The minimum absolute atomic E-state index is 0.293. The number of nitrogens with zero attached hydrogens (tertiary/aromatic N) is 1. The van der Waals surface area contributed by atoms with E-state index in [9.17, 15) is 0 Å². The molecule has 0 aliphatic carbocycles. The van der Waals surface area contributed by atoms with Crippen molar-refractivity contribution in [2.45, 2.75) is 51.5 Å². The van der Waals surface area contributed by atoms with Gasteiger partial charge in [-0.1, -0.05) is 56.5 Å². The van der Waals surface area contributed by atoms with Crippen molar-refractivity contribution in [3.8, 4) is 11.5 Å². The molecule has 0 spiro atoms. The molecule has 1 unspecified atom stereocenters. The first-order valence-electron chi connectivity index (χ1n) is 11.5. The molecule has 0 saturated heterocycles. The minimum Gasteiger partial charge on any atom is -0.497 e. The highest BCUT2D eigenvalue weighted by atomic mass is 16.5. The van der Waals surface area contributed by atoms with Crippen molar-refractivity contribution in [2.24, 2.45) is 0 Å². The molecule has 1 atom stereocenters. The number of fused-ring (bicyclic) bond motifs is 1. The van der Waals surface area contributed by atoms with Crippen LogP contribution < -0.4 is 14.4 Å². The normalized spacial score (nSPS) is 15.4. The largest absolute Gasteiger partial charge is 0.497 e. The van der Waals surface area contributed by atoms with E-state index >= 15 is 0 Å². The Morgan fingerprint density at radius 3 is 2.32 bits per heavy atom. The van der Waals surface area contributed by atoms with Crippen LogP contribution in [0.1, 0.15) is 56.2 Å². The van der Waals surface area contributed by atoms with E-state index in [1.165, 1.54) is 41.8 Å². The molecule has 0 fully saturated rings. The third-order valence-electron chi connectivity index (χ3n) is 6.13. The SMILES string of the molecule is CCCCCCOc1ccc(C2CCc3ccccc3N2c2ccc(OC)cc2)cc1. The molecule has 0 bridgehead atoms. The summed E-state index contributed by atoms with van der Waals surface area (Å²) in [5.41, 5.74) is 5.21. The average molecular weight is 416 g/mol. The summed E-state index contributed by atoms with van der Waals surface area (Å²) in [7, 11) is 1.71. The number of rotatable bonds is 9. The molecule has 162 valence electrons. The van der Waals surface area contributed by atoms with Crippen molar-refractivity contribution in [3.63, 3.8) is 0 Å². The van der Waals surface area contributed by atoms with Gasteiger partial charge in [0, 0.05) is 11.4 Å². The summed E-state index contributed by atoms with van der Waals surface area (Å²) in [4.78, 5) is 2.47. The standard InChI is InChI=1S/C28H33NO2/c1-3-4-5-8-21-31-26-16-11-23(12-17-26)28-20-13-22-9-6-7-10-27(22)29(28)24-14-18-25(30-2)19-15-24/h6-7,9-12,14-19,28H,3-5,8,13,20-21H2,1-2H3. The fourth-order valence-corrected chi connectivity index (χ4v) is 4.43. The lowest BCUT2D eigenvalue weighted by atomic mass is 9.90. The van der Waals surface area contributed by atoms with Crippen molar-refractivity contribution >= 4 is 11.4 Å². The monoisotopic (exact) mass is 415 g/mol. The molecule has 0 radical (unpaired) electrons. The van der Waals surface area contributed by atoms with Crippen molar-refractivity contribution in [1.82, 2.24) is 0 Å². The molecule has 0 aromatic heterocycles. The van der Waals surface area contributed by atoms with Crippen LogP contribution in [0.5, 0.6) is 11.5 Å². The average Bonchev–Trinajstić information content (AvgIpc) is 2.84. The molecule has 1 aliphatic heterocycles. The molecule has 0 saturated carbocycles. The lowest BCUT2D eigenvalue weighted by molar-refractivity contribution is 0.305. The predicted molar refractivity (Wildman–Crippen MR) is 129 cm³/mol. The van der Waals surface area contributed by atoms with Gasteiger partial charge in [-0.15, -0.1) is 0 Å². The Labute approximate surface area is 186 Å². The number of para-hydroxylation sites is 1. The molecule has 1 heterocycles. The summed E-state index contributed by atoms with van der Waals surface area (Å²) in [5, 5.41) is 0. The van der Waals surface area contributed by atoms with Crippen LogP contribution >= 0.6 is 0 Å². The van der Waals surface area contributed by atoms with E-state index in [1.54, 1.807) is 7.11 Å². The molecule has 4 rings (SSSR count). The highest BCUT2D eigenvalue weighted by Crippen LogP contribution is 2.44. The van der Waals surface area contributed by atoms with Gasteiger partial charge < -0.3 is 14.4 Å². The van der Waals surface area contributed by atoms with E-state index in [2.05, 4.69) is 72.5 Å². The van der Waals surface area contributed by atoms with Gasteiger partial charge in [0.05, 0.1) is 19.8 Å². The van der Waals surface area contributed by atoms with Crippen LogP contribution in [0.15, 0.2) is 72.8 Å². The van der Waals surface area contributed by atoms with Gasteiger partial charge in [0.1, 0.15) is 11.5 Å². The van der Waals surface area contributed by atoms with Crippen LogP contribution in [0.3, 0.4) is 0 Å². The highest BCUT2D eigenvalue weighted by molar-refractivity contribution is 5.70. The zero-order valence-electron chi connectivity index (χ0n) is 18.7. The van der Waals surface area contributed by atoms with Gasteiger partial charge in [-0.2, -0.15) is 0 Å². The summed E-state index contributed by atoms with van der Waals surface area (Å²) in [6.45, 7) is 3.03. The maximum absolute atomic E-state index is 5.96. The fraction of sp³-hybridized carbons (Fsp3) is 0.357. The summed E-state index contributed by atoms with van der Waals surface area (Å²) in [6, 6.07) is 26.2. The third-order valence-corrected chi connectivity index (χ3v) is 6.13. The topological polar surface area (TPSA) is 21.7 Å². The number of ether oxygens (including phenoxy) is 2. The number of aryl methyl sites for hydroxylation is 1. The zero-order valence-corrected chi connectivity index (χ0v) is 18.7. The van der Waals surface area contributed by atoms with Gasteiger partial charge in [0.25, 0.3) is 0 Å². The van der Waals surface area contributed by atoms with E-state index in [0.29, 0.717) is 6.04 Å². The van der Waals surface area contributed by atoms with Gasteiger partial charge in [-0.3, -0.25) is 0 Å². The van der Waals surface area contributed by atoms with Crippen molar-refractivity contribution in [2.75, 3.05) is 18.6 Å². The van der Waals surface area contributed by atoms with Gasteiger partial charge in [0.15, 0.2) is 0 Å². The number of anilines is 2. The molecule has 0 N–H and O–H groups in total. The first kappa shape index (κ1) is 21.3. The molecule has 0 amide bonds. The summed E-state index contributed by atoms with van der Waals surface area (Å²) < 4.78 is 11.3. The van der Waals surface area contributed by atoms with Gasteiger partial charge >= 0.3 is 0 Å². The fourth-order valence-electron chi connectivity index (χ4n) is 4.43. The first-order valence-corrected chi connectivity index (χ1v) is 11.5. The summed E-state index contributed by atoms with van der Waals surface area (Å²) >= 11 is 0. The third kappa shape index (κ3) is 5.04. The van der Waals surface area contributed by atoms with Gasteiger partial charge in [0.2, 0.25) is 0 Å². The number of methoxy groups -OCH3 is 1. The summed E-state index contributed by atoms with van der Waals surface area (Å²) in [5.74, 6) is 1.85. The molecule has 1 aliphatic rings. The van der Waals surface area contributed by atoms with Crippen LogP contribution in [-0.2, 0) is 6.42 Å². The van der Waals surface area contributed by atoms with E-state index in [0.717, 1.165) is 37.4 Å².